The molecule has 0 heterocycles. The van der Waals surface area contributed by atoms with Gasteiger partial charge in [0.25, 0.3) is 0 Å². The first-order valence-electron chi connectivity index (χ1n) is 11.6. The lowest BCUT2D eigenvalue weighted by Crippen LogP contribution is -2.51. The van der Waals surface area contributed by atoms with Crippen LogP contribution in [0.5, 0.6) is 5.75 Å². The van der Waals surface area contributed by atoms with Crippen molar-refractivity contribution in [3.8, 4) is 5.75 Å². The summed E-state index contributed by atoms with van der Waals surface area (Å²) in [4.78, 5) is 38.8. The number of benzene rings is 1. The van der Waals surface area contributed by atoms with E-state index in [0.29, 0.717) is 18.2 Å². The molecule has 0 unspecified atom stereocenters. The van der Waals surface area contributed by atoms with Gasteiger partial charge in [0.2, 0.25) is 17.7 Å². The fourth-order valence-electron chi connectivity index (χ4n) is 3.82. The largest absolute Gasteiger partial charge is 0.497 e. The van der Waals surface area contributed by atoms with Gasteiger partial charge in [-0.1, -0.05) is 31.4 Å². The third kappa shape index (κ3) is 10.1. The van der Waals surface area contributed by atoms with Gasteiger partial charge in [0.1, 0.15) is 24.9 Å². The van der Waals surface area contributed by atoms with Crippen molar-refractivity contribution in [1.82, 2.24) is 15.5 Å². The fourth-order valence-corrected chi connectivity index (χ4v) is 5.64. The first-order chi connectivity index (χ1) is 16.5. The maximum atomic E-state index is 13.0. The normalized spacial score (nSPS) is 14.8. The molecule has 0 spiro atoms. The number of hydrogen-bond acceptors (Lipinski definition) is 7. The van der Waals surface area contributed by atoms with E-state index in [4.69, 9.17) is 9.84 Å². The third-order valence-corrected chi connectivity index (χ3v) is 7.59. The maximum absolute atomic E-state index is 13.0. The number of nitrogens with zero attached hydrogens (tertiary/aromatic N) is 1. The van der Waals surface area contributed by atoms with E-state index in [1.165, 1.54) is 48.8 Å². The molecule has 190 valence electrons. The Morgan fingerprint density at radius 2 is 1.88 bits per heavy atom. The van der Waals surface area contributed by atoms with Crippen LogP contribution < -0.4 is 15.4 Å². The third-order valence-electron chi connectivity index (χ3n) is 5.75. The molecule has 0 radical (unpaired) electrons. The number of aliphatic hydroxyl groups excluding tert-OH is 1. The molecule has 34 heavy (non-hydrogen) atoms. The van der Waals surface area contributed by atoms with Crippen LogP contribution in [0.25, 0.3) is 0 Å². The van der Waals surface area contributed by atoms with Crippen molar-refractivity contribution in [1.29, 1.82) is 0 Å². The number of carbonyl (C=O) groups is 3. The SMILES string of the molecule is COc1ccc(CNC(=O)[C@H](CSCC2CCCCC2)NC(=O)CN(CSC)C(=O)CO)cc1. The van der Waals surface area contributed by atoms with Gasteiger partial charge in [-0.3, -0.25) is 14.4 Å². The summed E-state index contributed by atoms with van der Waals surface area (Å²) in [5, 5.41) is 14.9. The van der Waals surface area contributed by atoms with Gasteiger partial charge in [-0.15, -0.1) is 11.8 Å². The van der Waals surface area contributed by atoms with Gasteiger partial charge in [-0.2, -0.15) is 11.8 Å². The summed E-state index contributed by atoms with van der Waals surface area (Å²) in [6.07, 6.45) is 8.08. The highest BCUT2D eigenvalue weighted by Gasteiger charge is 2.24. The van der Waals surface area contributed by atoms with Gasteiger partial charge in [-0.05, 0) is 48.5 Å². The topological polar surface area (TPSA) is 108 Å². The Bertz CT molecular complexity index is 772. The second-order valence-electron chi connectivity index (χ2n) is 8.40. The molecule has 0 saturated heterocycles. The Morgan fingerprint density at radius 3 is 2.50 bits per heavy atom. The molecular weight excluding hydrogens is 474 g/mol. The van der Waals surface area contributed by atoms with Crippen LogP contribution in [0, 0.1) is 5.92 Å². The van der Waals surface area contributed by atoms with E-state index in [2.05, 4.69) is 10.6 Å². The number of nitrogens with one attached hydrogen (secondary N) is 2. The molecule has 1 atom stereocenters. The monoisotopic (exact) mass is 511 g/mol. The summed E-state index contributed by atoms with van der Waals surface area (Å²) < 4.78 is 5.16. The highest BCUT2D eigenvalue weighted by molar-refractivity contribution is 7.99. The number of methoxy groups -OCH3 is 1. The molecule has 10 heteroatoms. The molecule has 2 rings (SSSR count). The van der Waals surface area contributed by atoms with Gasteiger partial charge >= 0.3 is 0 Å². The van der Waals surface area contributed by atoms with Gasteiger partial charge in [0.15, 0.2) is 0 Å². The molecule has 1 aliphatic carbocycles. The molecule has 0 bridgehead atoms. The standard InChI is InChI=1S/C24H37N3O5S2/c1-32-20-10-8-18(9-11-20)12-25-24(31)21(16-34-15-19-6-4-3-5-7-19)26-22(29)13-27(17-33-2)23(30)14-28/h8-11,19,21,28H,3-7,12-17H2,1-2H3,(H,25,31)(H,26,29)/t21-/m0/s1. The van der Waals surface area contributed by atoms with E-state index in [1.807, 2.05) is 30.5 Å². The molecule has 1 aromatic carbocycles. The van der Waals surface area contributed by atoms with Crippen molar-refractivity contribution in [2.45, 2.75) is 44.7 Å². The summed E-state index contributed by atoms with van der Waals surface area (Å²) in [7, 11) is 1.60. The van der Waals surface area contributed by atoms with Crippen LogP contribution in [-0.4, -0.2) is 77.7 Å². The minimum atomic E-state index is -0.709. The van der Waals surface area contributed by atoms with Crippen molar-refractivity contribution in [2.24, 2.45) is 5.92 Å². The Hall–Kier alpha value is -1.91. The van der Waals surface area contributed by atoms with E-state index in [9.17, 15) is 14.4 Å². The number of rotatable bonds is 14. The zero-order chi connectivity index (χ0) is 24.8. The second-order valence-corrected chi connectivity index (χ2v) is 10.3. The Balaban J connectivity index is 1.95. The van der Waals surface area contributed by atoms with Crippen molar-refractivity contribution in [2.75, 3.05) is 43.9 Å². The molecule has 8 nitrogen and oxygen atoms in total. The van der Waals surface area contributed by atoms with Crippen LogP contribution in [-0.2, 0) is 20.9 Å². The number of aliphatic hydroxyl groups is 1. The number of hydrogen-bond donors (Lipinski definition) is 3. The zero-order valence-electron chi connectivity index (χ0n) is 20.1. The lowest BCUT2D eigenvalue weighted by atomic mass is 9.91. The molecular formula is C24H37N3O5S2. The molecule has 3 amide bonds. The highest BCUT2D eigenvalue weighted by atomic mass is 32.2. The van der Waals surface area contributed by atoms with Crippen molar-refractivity contribution in [3.63, 3.8) is 0 Å². The molecule has 1 saturated carbocycles. The van der Waals surface area contributed by atoms with Gasteiger partial charge in [0.05, 0.1) is 13.0 Å². The fraction of sp³-hybridized carbons (Fsp3) is 0.625. The number of amides is 3. The Labute approximate surface area is 210 Å². The minimum absolute atomic E-state index is 0.199. The van der Waals surface area contributed by atoms with Crippen LogP contribution in [0.3, 0.4) is 0 Å². The van der Waals surface area contributed by atoms with Crippen LogP contribution in [0.1, 0.15) is 37.7 Å². The average Bonchev–Trinajstić information content (AvgIpc) is 2.86. The van der Waals surface area contributed by atoms with E-state index in [-0.39, 0.29) is 18.3 Å². The Morgan fingerprint density at radius 1 is 1.18 bits per heavy atom. The first kappa shape index (κ1) is 28.3. The van der Waals surface area contributed by atoms with Crippen LogP contribution >= 0.6 is 23.5 Å². The smallest absolute Gasteiger partial charge is 0.249 e. The van der Waals surface area contributed by atoms with Gasteiger partial charge < -0.3 is 25.4 Å². The first-order valence-corrected chi connectivity index (χ1v) is 14.2. The average molecular weight is 512 g/mol. The molecule has 3 N–H and O–H groups in total. The predicted molar refractivity (Wildman–Crippen MR) is 138 cm³/mol. The highest BCUT2D eigenvalue weighted by Crippen LogP contribution is 2.27. The second kappa shape index (κ2) is 15.9. The molecule has 0 aromatic heterocycles. The Kier molecular flexibility index (Phi) is 13.2. The lowest BCUT2D eigenvalue weighted by molar-refractivity contribution is -0.137. The van der Waals surface area contributed by atoms with Crippen molar-refractivity contribution >= 4 is 41.2 Å². The molecule has 1 aliphatic rings. The van der Waals surface area contributed by atoms with Crippen molar-refractivity contribution < 1.29 is 24.2 Å². The quantitative estimate of drug-likeness (QED) is 0.329. The van der Waals surface area contributed by atoms with E-state index < -0.39 is 24.5 Å². The van der Waals surface area contributed by atoms with E-state index >= 15 is 0 Å². The van der Waals surface area contributed by atoms with Crippen LogP contribution in [0.4, 0.5) is 0 Å². The lowest BCUT2D eigenvalue weighted by Gasteiger charge is -2.24. The summed E-state index contributed by atoms with van der Waals surface area (Å²) in [5.74, 6) is 1.94. The van der Waals surface area contributed by atoms with E-state index in [0.717, 1.165) is 17.1 Å². The number of carbonyl (C=O) groups excluding carboxylic acids is 3. The van der Waals surface area contributed by atoms with Crippen LogP contribution in [0.2, 0.25) is 0 Å². The van der Waals surface area contributed by atoms with E-state index in [1.54, 1.807) is 18.9 Å². The maximum Gasteiger partial charge on any atom is 0.249 e. The minimum Gasteiger partial charge on any atom is -0.497 e. The summed E-state index contributed by atoms with van der Waals surface area (Å²) in [5.41, 5.74) is 0.925. The van der Waals surface area contributed by atoms with Crippen molar-refractivity contribution in [3.05, 3.63) is 29.8 Å². The molecule has 0 aliphatic heterocycles. The van der Waals surface area contributed by atoms with Gasteiger partial charge in [0, 0.05) is 12.3 Å². The zero-order valence-corrected chi connectivity index (χ0v) is 21.7. The predicted octanol–water partition coefficient (Wildman–Crippen LogP) is 2.25. The summed E-state index contributed by atoms with van der Waals surface area (Å²) in [6, 6.07) is 6.72. The number of thioether (sulfide) groups is 2. The van der Waals surface area contributed by atoms with Crippen LogP contribution in [0.15, 0.2) is 24.3 Å². The summed E-state index contributed by atoms with van der Waals surface area (Å²) >= 11 is 3.07. The number of ether oxygens (including phenoxy) is 1. The van der Waals surface area contributed by atoms with Gasteiger partial charge in [-0.25, -0.2) is 0 Å². The summed E-state index contributed by atoms with van der Waals surface area (Å²) in [6.45, 7) is -0.517. The molecule has 1 fully saturated rings. The molecule has 1 aromatic rings.